The maximum absolute atomic E-state index is 10.6. The van der Waals surface area contributed by atoms with Gasteiger partial charge in [0.25, 0.3) is 5.69 Å². The maximum Gasteiger partial charge on any atom is 0.307 e. The van der Waals surface area contributed by atoms with Crippen molar-refractivity contribution in [1.29, 1.82) is 0 Å². The second kappa shape index (κ2) is 6.14. The normalized spacial score (nSPS) is 11.9. The van der Waals surface area contributed by atoms with Crippen molar-refractivity contribution in [2.75, 3.05) is 0 Å². The minimum atomic E-state index is -0.975. The summed E-state index contributed by atoms with van der Waals surface area (Å²) in [4.78, 5) is 20.6. The van der Waals surface area contributed by atoms with Gasteiger partial charge in [-0.3, -0.25) is 14.9 Å². The molecule has 0 aromatic heterocycles. The van der Waals surface area contributed by atoms with Gasteiger partial charge in [0.15, 0.2) is 0 Å². The van der Waals surface area contributed by atoms with Gasteiger partial charge in [0.2, 0.25) is 0 Å². The molecule has 0 radical (unpaired) electrons. The molecule has 98 valence electrons. The second-order valence-electron chi connectivity index (χ2n) is 3.52. The van der Waals surface area contributed by atoms with Crippen molar-refractivity contribution in [3.8, 4) is 5.75 Å². The Bertz CT molecular complexity index is 468. The third-order valence-electron chi connectivity index (χ3n) is 1.97. The van der Waals surface area contributed by atoms with Crippen molar-refractivity contribution >= 4 is 43.5 Å². The maximum atomic E-state index is 10.6. The SMILES string of the molecule is C[C@@H](CC(=O)O)Oc1c(Br)cc([N+](=O)[O-])cc1Br. The van der Waals surface area contributed by atoms with Crippen molar-refractivity contribution in [2.45, 2.75) is 19.4 Å². The fourth-order valence-electron chi connectivity index (χ4n) is 1.25. The van der Waals surface area contributed by atoms with Crippen LogP contribution in [0.15, 0.2) is 21.1 Å². The number of ether oxygens (including phenoxy) is 1. The summed E-state index contributed by atoms with van der Waals surface area (Å²) in [5, 5.41) is 19.3. The highest BCUT2D eigenvalue weighted by molar-refractivity contribution is 9.11. The summed E-state index contributed by atoms with van der Waals surface area (Å²) in [6.45, 7) is 1.61. The van der Waals surface area contributed by atoms with Crippen molar-refractivity contribution in [1.82, 2.24) is 0 Å². The van der Waals surface area contributed by atoms with Crippen LogP contribution in [0.1, 0.15) is 13.3 Å². The molecule has 0 fully saturated rings. The number of hydrogen-bond acceptors (Lipinski definition) is 4. The Hall–Kier alpha value is -1.15. The molecule has 1 aromatic rings. The molecule has 1 atom stereocenters. The van der Waals surface area contributed by atoms with Crippen molar-refractivity contribution in [3.63, 3.8) is 0 Å². The van der Waals surface area contributed by atoms with E-state index in [4.69, 9.17) is 9.84 Å². The number of rotatable bonds is 5. The summed E-state index contributed by atoms with van der Waals surface area (Å²) in [5.74, 6) is -0.633. The molecule has 18 heavy (non-hydrogen) atoms. The van der Waals surface area contributed by atoms with E-state index in [0.29, 0.717) is 14.7 Å². The first kappa shape index (κ1) is 14.9. The third kappa shape index (κ3) is 3.95. The van der Waals surface area contributed by atoms with Crippen LogP contribution < -0.4 is 4.74 Å². The number of non-ortho nitro benzene ring substituents is 1. The van der Waals surface area contributed by atoms with Crippen LogP contribution in [0, 0.1) is 10.1 Å². The van der Waals surface area contributed by atoms with Gasteiger partial charge in [0, 0.05) is 12.1 Å². The molecule has 1 N–H and O–H groups in total. The molecule has 1 rings (SSSR count). The third-order valence-corrected chi connectivity index (χ3v) is 3.15. The first-order valence-corrected chi connectivity index (χ1v) is 6.41. The van der Waals surface area contributed by atoms with Gasteiger partial charge in [-0.1, -0.05) is 0 Å². The van der Waals surface area contributed by atoms with E-state index in [0.717, 1.165) is 0 Å². The molecule has 0 saturated heterocycles. The molecule has 0 amide bonds. The second-order valence-corrected chi connectivity index (χ2v) is 5.23. The number of nitro groups is 1. The molecule has 0 spiro atoms. The molecule has 1 aromatic carbocycles. The number of carboxylic acid groups (broad SMARTS) is 1. The first-order chi connectivity index (χ1) is 8.31. The summed E-state index contributed by atoms with van der Waals surface area (Å²) in [5.41, 5.74) is -0.0908. The van der Waals surface area contributed by atoms with Crippen molar-refractivity contribution in [3.05, 3.63) is 31.2 Å². The van der Waals surface area contributed by atoms with Crippen molar-refractivity contribution in [2.24, 2.45) is 0 Å². The summed E-state index contributed by atoms with van der Waals surface area (Å²) in [7, 11) is 0. The van der Waals surface area contributed by atoms with E-state index in [-0.39, 0.29) is 12.1 Å². The number of aliphatic carboxylic acids is 1. The zero-order valence-corrected chi connectivity index (χ0v) is 12.4. The van der Waals surface area contributed by atoms with Crippen LogP contribution in [0.4, 0.5) is 5.69 Å². The fraction of sp³-hybridized carbons (Fsp3) is 0.300. The van der Waals surface area contributed by atoms with Crippen LogP contribution in [0.3, 0.4) is 0 Å². The topological polar surface area (TPSA) is 89.7 Å². The molecule has 0 saturated carbocycles. The zero-order valence-electron chi connectivity index (χ0n) is 9.22. The van der Waals surface area contributed by atoms with E-state index in [1.165, 1.54) is 12.1 Å². The predicted octanol–water partition coefficient (Wildman–Crippen LogP) is 3.36. The molecule has 6 nitrogen and oxygen atoms in total. The van der Waals surface area contributed by atoms with E-state index >= 15 is 0 Å². The van der Waals surface area contributed by atoms with Crippen LogP contribution >= 0.6 is 31.9 Å². The molecule has 0 aliphatic heterocycles. The van der Waals surface area contributed by atoms with Gasteiger partial charge in [-0.2, -0.15) is 0 Å². The highest BCUT2D eigenvalue weighted by Gasteiger charge is 2.18. The molecule has 0 heterocycles. The smallest absolute Gasteiger partial charge is 0.307 e. The van der Waals surface area contributed by atoms with E-state index in [9.17, 15) is 14.9 Å². The van der Waals surface area contributed by atoms with Crippen molar-refractivity contribution < 1.29 is 19.6 Å². The number of halogens is 2. The number of nitro benzene ring substituents is 1. The quantitative estimate of drug-likeness (QED) is 0.622. The van der Waals surface area contributed by atoms with Gasteiger partial charge in [-0.25, -0.2) is 0 Å². The largest absolute Gasteiger partial charge is 0.488 e. The predicted molar refractivity (Wildman–Crippen MR) is 70.8 cm³/mol. The highest BCUT2D eigenvalue weighted by Crippen LogP contribution is 2.37. The van der Waals surface area contributed by atoms with Gasteiger partial charge in [-0.05, 0) is 38.8 Å². The summed E-state index contributed by atoms with van der Waals surface area (Å²) in [6.07, 6.45) is -0.702. The van der Waals surface area contributed by atoms with Gasteiger partial charge < -0.3 is 9.84 Å². The summed E-state index contributed by atoms with van der Waals surface area (Å²) < 4.78 is 6.20. The Kier molecular flexibility index (Phi) is 5.09. The lowest BCUT2D eigenvalue weighted by atomic mass is 10.2. The van der Waals surface area contributed by atoms with Gasteiger partial charge >= 0.3 is 5.97 Å². The lowest BCUT2D eigenvalue weighted by Gasteiger charge is -2.15. The first-order valence-electron chi connectivity index (χ1n) is 4.83. The van der Waals surface area contributed by atoms with Crippen LogP contribution in [-0.4, -0.2) is 22.1 Å². The van der Waals surface area contributed by atoms with Crippen LogP contribution in [0.2, 0.25) is 0 Å². The Morgan fingerprint density at radius 3 is 2.39 bits per heavy atom. The van der Waals surface area contributed by atoms with E-state index in [2.05, 4.69) is 31.9 Å². The molecule has 0 aliphatic carbocycles. The Balaban J connectivity index is 2.96. The fourth-order valence-corrected chi connectivity index (χ4v) is 2.60. The number of hydrogen-bond donors (Lipinski definition) is 1. The lowest BCUT2D eigenvalue weighted by Crippen LogP contribution is -2.17. The lowest BCUT2D eigenvalue weighted by molar-refractivity contribution is -0.385. The Labute approximate surface area is 119 Å². The van der Waals surface area contributed by atoms with E-state index in [1.54, 1.807) is 6.92 Å². The number of carboxylic acids is 1. The summed E-state index contributed by atoms with van der Waals surface area (Å²) >= 11 is 6.31. The van der Waals surface area contributed by atoms with Crippen LogP contribution in [0.5, 0.6) is 5.75 Å². The van der Waals surface area contributed by atoms with Crippen LogP contribution in [0.25, 0.3) is 0 Å². The standard InChI is InChI=1S/C10H9Br2NO5/c1-5(2-9(14)15)18-10-7(11)3-6(13(16)17)4-8(10)12/h3-5H,2H2,1H3,(H,14,15)/t5-/m0/s1. The van der Waals surface area contributed by atoms with Crippen LogP contribution in [-0.2, 0) is 4.79 Å². The van der Waals surface area contributed by atoms with Gasteiger partial charge in [0.05, 0.1) is 20.3 Å². The monoisotopic (exact) mass is 381 g/mol. The van der Waals surface area contributed by atoms with Gasteiger partial charge in [0.1, 0.15) is 11.9 Å². The highest BCUT2D eigenvalue weighted by atomic mass is 79.9. The Morgan fingerprint density at radius 2 is 2.00 bits per heavy atom. The van der Waals surface area contributed by atoms with Gasteiger partial charge in [-0.15, -0.1) is 0 Å². The number of carbonyl (C=O) groups is 1. The summed E-state index contributed by atoms with van der Waals surface area (Å²) in [6, 6.07) is 2.60. The molecular weight excluding hydrogens is 374 g/mol. The molecule has 0 bridgehead atoms. The molecular formula is C10H9Br2NO5. The van der Waals surface area contributed by atoms with E-state index < -0.39 is 17.0 Å². The van der Waals surface area contributed by atoms with E-state index in [1.807, 2.05) is 0 Å². The molecule has 0 aliphatic rings. The molecule has 8 heteroatoms. The minimum absolute atomic E-state index is 0.0908. The molecule has 0 unspecified atom stereocenters. The number of nitrogens with zero attached hydrogens (tertiary/aromatic N) is 1. The minimum Gasteiger partial charge on any atom is -0.488 e. The Morgan fingerprint density at radius 1 is 1.50 bits per heavy atom. The average Bonchev–Trinajstić information content (AvgIpc) is 2.21. The number of benzene rings is 1. The zero-order chi connectivity index (χ0) is 13.9. The average molecular weight is 383 g/mol.